The molecule has 0 heterocycles. The third-order valence-electron chi connectivity index (χ3n) is 4.63. The molecule has 0 saturated heterocycles. The maximum Gasteiger partial charge on any atom is 0.337 e. The molecule has 1 atom stereocenters. The van der Waals surface area contributed by atoms with Crippen LogP contribution in [0.5, 0.6) is 5.75 Å². The van der Waals surface area contributed by atoms with Gasteiger partial charge in [0.1, 0.15) is 11.5 Å². The van der Waals surface area contributed by atoms with Crippen LogP contribution in [0.15, 0.2) is 36.4 Å². The molecule has 0 aromatic heterocycles. The first kappa shape index (κ1) is 18.8. The maximum atomic E-state index is 11.9. The number of ether oxygens (including phenoxy) is 2. The van der Waals surface area contributed by atoms with Crippen molar-refractivity contribution in [2.24, 2.45) is 0 Å². The highest BCUT2D eigenvalue weighted by atomic mass is 32.2. The summed E-state index contributed by atoms with van der Waals surface area (Å²) in [4.78, 5) is 11.9. The second-order valence-corrected chi connectivity index (χ2v) is 8.07. The fourth-order valence-electron chi connectivity index (χ4n) is 3.34. The van der Waals surface area contributed by atoms with E-state index in [2.05, 4.69) is 12.1 Å². The van der Waals surface area contributed by atoms with Crippen molar-refractivity contribution in [3.63, 3.8) is 0 Å². The summed E-state index contributed by atoms with van der Waals surface area (Å²) in [7, 11) is 1.40. The first-order chi connectivity index (χ1) is 12.6. The Bertz CT molecular complexity index is 786. The fraction of sp³-hybridized carbons (Fsp3) is 0.381. The van der Waals surface area contributed by atoms with E-state index in [0.29, 0.717) is 17.9 Å². The summed E-state index contributed by atoms with van der Waals surface area (Å²) in [6.07, 6.45) is 5.53. The largest absolute Gasteiger partial charge is 0.617 e. The molecule has 0 N–H and O–H groups in total. The Morgan fingerprint density at radius 2 is 1.92 bits per heavy atom. The van der Waals surface area contributed by atoms with Crippen LogP contribution in [0.3, 0.4) is 0 Å². The van der Waals surface area contributed by atoms with Crippen molar-refractivity contribution in [1.82, 2.24) is 0 Å². The van der Waals surface area contributed by atoms with Crippen LogP contribution >= 0.6 is 0 Å². The van der Waals surface area contributed by atoms with Crippen LogP contribution in [0.1, 0.15) is 34.3 Å². The predicted octanol–water partition coefficient (Wildman–Crippen LogP) is 3.78. The fourth-order valence-corrected chi connectivity index (χ4v) is 3.87. The smallest absolute Gasteiger partial charge is 0.337 e. The van der Waals surface area contributed by atoms with Crippen LogP contribution in [-0.2, 0) is 28.8 Å². The molecule has 1 aliphatic rings. The molecule has 0 aliphatic heterocycles. The Kier molecular flexibility index (Phi) is 6.22. The molecule has 2 aromatic carbocycles. The second kappa shape index (κ2) is 8.60. The number of rotatable bonds is 6. The van der Waals surface area contributed by atoms with Gasteiger partial charge in [0.15, 0.2) is 0 Å². The Hall–Kier alpha value is -1.98. The first-order valence-corrected chi connectivity index (χ1v) is 10.6. The van der Waals surface area contributed by atoms with Crippen molar-refractivity contribution >= 4 is 17.1 Å². The third-order valence-corrected chi connectivity index (χ3v) is 5.50. The van der Waals surface area contributed by atoms with Crippen LogP contribution < -0.4 is 4.74 Å². The van der Waals surface area contributed by atoms with Crippen molar-refractivity contribution in [1.29, 1.82) is 0 Å². The second-order valence-electron chi connectivity index (χ2n) is 6.52. The quantitative estimate of drug-likeness (QED) is 0.440. The van der Waals surface area contributed by atoms with Crippen molar-refractivity contribution < 1.29 is 18.8 Å². The van der Waals surface area contributed by atoms with E-state index in [1.54, 1.807) is 6.26 Å². The summed E-state index contributed by atoms with van der Waals surface area (Å²) in [6.45, 7) is 0.571. The summed E-state index contributed by atoms with van der Waals surface area (Å²) in [5.41, 5.74) is 5.34. The number of benzene rings is 2. The zero-order valence-corrected chi connectivity index (χ0v) is 16.1. The lowest BCUT2D eigenvalue weighted by Crippen LogP contribution is -2.08. The zero-order valence-electron chi connectivity index (χ0n) is 15.2. The molecular formula is C21H24O4S. The molecule has 0 saturated carbocycles. The van der Waals surface area contributed by atoms with Gasteiger partial charge in [-0.3, -0.25) is 0 Å². The number of fused-ring (bicyclic) bond motifs is 3. The standard InChI is InChI=1S/C21H24O4S/c1-24-21(22)17-8-7-15-5-3-6-16-13-18(25-11-4-12-26(2)23)9-10-19(16)20(15)14-17/h7-10,13-14H,3-6,11-12H2,1-2H3. The molecule has 2 aromatic rings. The molecule has 26 heavy (non-hydrogen) atoms. The lowest BCUT2D eigenvalue weighted by Gasteiger charge is -2.13. The van der Waals surface area contributed by atoms with Gasteiger partial charge >= 0.3 is 5.97 Å². The molecule has 0 radical (unpaired) electrons. The van der Waals surface area contributed by atoms with E-state index in [4.69, 9.17) is 9.47 Å². The predicted molar refractivity (Wildman–Crippen MR) is 104 cm³/mol. The van der Waals surface area contributed by atoms with Gasteiger partial charge in [-0.2, -0.15) is 0 Å². The topological polar surface area (TPSA) is 58.6 Å². The summed E-state index contributed by atoms with van der Waals surface area (Å²) >= 11 is -0.777. The van der Waals surface area contributed by atoms with E-state index in [9.17, 15) is 9.35 Å². The minimum Gasteiger partial charge on any atom is -0.617 e. The van der Waals surface area contributed by atoms with Gasteiger partial charge in [-0.05, 0) is 65.8 Å². The molecule has 1 unspecified atom stereocenters. The van der Waals surface area contributed by atoms with Gasteiger partial charge in [-0.25, -0.2) is 4.79 Å². The lowest BCUT2D eigenvalue weighted by molar-refractivity contribution is 0.0601. The maximum absolute atomic E-state index is 11.9. The van der Waals surface area contributed by atoms with Crippen molar-refractivity contribution in [2.75, 3.05) is 25.7 Å². The highest BCUT2D eigenvalue weighted by Crippen LogP contribution is 2.35. The van der Waals surface area contributed by atoms with Crippen LogP contribution in [0.25, 0.3) is 11.1 Å². The minimum atomic E-state index is -0.777. The molecule has 1 aliphatic carbocycles. The molecule has 138 valence electrons. The summed E-state index contributed by atoms with van der Waals surface area (Å²) < 4.78 is 21.8. The van der Waals surface area contributed by atoms with Crippen LogP contribution in [0.2, 0.25) is 0 Å². The number of hydrogen-bond acceptors (Lipinski definition) is 4. The molecule has 0 spiro atoms. The van der Waals surface area contributed by atoms with Gasteiger partial charge in [0.25, 0.3) is 0 Å². The average molecular weight is 372 g/mol. The number of aryl methyl sites for hydroxylation is 2. The van der Waals surface area contributed by atoms with E-state index < -0.39 is 11.2 Å². The van der Waals surface area contributed by atoms with E-state index in [0.717, 1.165) is 42.6 Å². The van der Waals surface area contributed by atoms with Crippen molar-refractivity contribution in [2.45, 2.75) is 25.7 Å². The molecule has 4 nitrogen and oxygen atoms in total. The van der Waals surface area contributed by atoms with Crippen LogP contribution in [0, 0.1) is 0 Å². The lowest BCUT2D eigenvalue weighted by atomic mass is 9.94. The van der Waals surface area contributed by atoms with E-state index in [1.165, 1.54) is 18.2 Å². The Morgan fingerprint density at radius 1 is 1.12 bits per heavy atom. The van der Waals surface area contributed by atoms with Crippen molar-refractivity contribution in [3.8, 4) is 16.9 Å². The van der Waals surface area contributed by atoms with Crippen LogP contribution in [0.4, 0.5) is 0 Å². The first-order valence-electron chi connectivity index (χ1n) is 8.86. The summed E-state index contributed by atoms with van der Waals surface area (Å²) in [5, 5.41) is 0. The Morgan fingerprint density at radius 3 is 2.69 bits per heavy atom. The normalized spacial score (nSPS) is 14.0. The zero-order chi connectivity index (χ0) is 18.5. The van der Waals surface area contributed by atoms with Gasteiger partial charge in [0.05, 0.1) is 25.5 Å². The average Bonchev–Trinajstić information content (AvgIpc) is 2.82. The van der Waals surface area contributed by atoms with Gasteiger partial charge in [0.2, 0.25) is 0 Å². The molecule has 0 fully saturated rings. The SMILES string of the molecule is COC(=O)c1ccc2c(c1)-c1ccc(OCCC[S+](C)[O-])cc1CCC2. The van der Waals surface area contributed by atoms with E-state index in [-0.39, 0.29) is 5.97 Å². The van der Waals surface area contributed by atoms with Gasteiger partial charge in [-0.1, -0.05) is 23.3 Å². The summed E-state index contributed by atoms with van der Waals surface area (Å²) in [6, 6.07) is 12.0. The third kappa shape index (κ3) is 4.40. The van der Waals surface area contributed by atoms with Crippen LogP contribution in [-0.4, -0.2) is 36.2 Å². The highest BCUT2D eigenvalue weighted by molar-refractivity contribution is 7.90. The molecule has 5 heteroatoms. The minimum absolute atomic E-state index is 0.313. The Labute approximate surface area is 157 Å². The van der Waals surface area contributed by atoms with Gasteiger partial charge in [-0.15, -0.1) is 0 Å². The number of carbonyl (C=O) groups is 1. The van der Waals surface area contributed by atoms with E-state index >= 15 is 0 Å². The van der Waals surface area contributed by atoms with Crippen molar-refractivity contribution in [3.05, 3.63) is 53.1 Å². The molecule has 0 amide bonds. The number of hydrogen-bond donors (Lipinski definition) is 0. The molecule has 3 rings (SSSR count). The molecule has 0 bridgehead atoms. The summed E-state index contributed by atoms with van der Waals surface area (Å²) in [5.74, 6) is 1.19. The number of carbonyl (C=O) groups excluding carboxylic acids is 1. The van der Waals surface area contributed by atoms with E-state index in [1.807, 2.05) is 24.3 Å². The highest BCUT2D eigenvalue weighted by Gasteiger charge is 2.17. The Balaban J connectivity index is 1.84. The van der Waals surface area contributed by atoms with Gasteiger partial charge in [0, 0.05) is 6.42 Å². The van der Waals surface area contributed by atoms with Gasteiger partial charge < -0.3 is 14.0 Å². The number of esters is 1. The number of methoxy groups -OCH3 is 1. The monoisotopic (exact) mass is 372 g/mol. The molecular weight excluding hydrogens is 348 g/mol.